The van der Waals surface area contributed by atoms with Crippen LogP contribution in [0.4, 0.5) is 0 Å². The summed E-state index contributed by atoms with van der Waals surface area (Å²) in [6.45, 7) is 2.35. The Morgan fingerprint density at radius 1 is 0.591 bits per heavy atom. The highest BCUT2D eigenvalue weighted by Crippen LogP contribution is 2.38. The van der Waals surface area contributed by atoms with Gasteiger partial charge in [0.2, 0.25) is 0 Å². The van der Waals surface area contributed by atoms with E-state index in [0.717, 1.165) is 23.7 Å². The summed E-state index contributed by atoms with van der Waals surface area (Å²) < 4.78 is 0. The van der Waals surface area contributed by atoms with E-state index in [2.05, 4.69) is 22.9 Å². The van der Waals surface area contributed by atoms with Crippen molar-refractivity contribution in [1.29, 1.82) is 0 Å². The minimum absolute atomic E-state index is 1.07. The van der Waals surface area contributed by atoms with E-state index in [4.69, 9.17) is 0 Å². The average Bonchev–Trinajstić information content (AvgIpc) is 2.56. The zero-order chi connectivity index (χ0) is 15.6. The molecule has 0 aromatic carbocycles. The molecule has 0 aromatic rings. The lowest BCUT2D eigenvalue weighted by atomic mass is 9.74. The number of alkyl halides is 1. The van der Waals surface area contributed by atoms with Crippen LogP contribution in [-0.2, 0) is 0 Å². The molecule has 2 saturated carbocycles. The molecule has 2 rings (SSSR count). The highest BCUT2D eigenvalue weighted by molar-refractivity contribution is 9.09. The zero-order valence-electron chi connectivity index (χ0n) is 15.0. The Bertz CT molecular complexity index is 259. The first-order valence-corrected chi connectivity index (χ1v) is 11.5. The molecule has 0 aromatic heterocycles. The topological polar surface area (TPSA) is 0 Å². The maximum Gasteiger partial charge on any atom is 0.00313 e. The summed E-state index contributed by atoms with van der Waals surface area (Å²) in [6.07, 6.45) is 22.7. The number of unbranched alkanes of at least 4 members (excludes halogenated alkanes) is 1. The Kier molecular flexibility index (Phi) is 9.50. The number of hydrogen-bond acceptors (Lipinski definition) is 0. The van der Waals surface area contributed by atoms with Crippen LogP contribution in [0.2, 0.25) is 0 Å². The molecule has 0 saturated heterocycles. The Hall–Kier alpha value is 0.480. The lowest BCUT2D eigenvalue weighted by molar-refractivity contribution is 0.208. The van der Waals surface area contributed by atoms with Gasteiger partial charge in [0.1, 0.15) is 0 Å². The molecule has 1 heteroatoms. The lowest BCUT2D eigenvalue weighted by Gasteiger charge is -2.32. The van der Waals surface area contributed by atoms with Gasteiger partial charge in [-0.3, -0.25) is 0 Å². The van der Waals surface area contributed by atoms with E-state index in [1.54, 1.807) is 51.4 Å². The molecule has 0 bridgehead atoms. The van der Waals surface area contributed by atoms with Gasteiger partial charge in [0.15, 0.2) is 0 Å². The molecule has 0 atom stereocenters. The minimum atomic E-state index is 1.07. The molecule has 0 N–H and O–H groups in total. The van der Waals surface area contributed by atoms with Crippen LogP contribution in [-0.4, -0.2) is 5.33 Å². The fourth-order valence-corrected chi connectivity index (χ4v) is 5.42. The normalized spacial score (nSPS) is 33.0. The molecule has 2 aliphatic rings. The van der Waals surface area contributed by atoms with E-state index in [0.29, 0.717) is 0 Å². The van der Waals surface area contributed by atoms with Crippen LogP contribution in [0.1, 0.15) is 103 Å². The molecule has 0 heterocycles. The van der Waals surface area contributed by atoms with Gasteiger partial charge in [-0.25, -0.2) is 0 Å². The SMILES string of the molecule is CCC[C@H]1CC[C@H](CC[C@H]2CC[C@H](CCCCBr)CC2)CC1. The molecule has 130 valence electrons. The minimum Gasteiger partial charge on any atom is -0.0928 e. The fourth-order valence-electron chi connectivity index (χ4n) is 5.02. The summed E-state index contributed by atoms with van der Waals surface area (Å²) in [6, 6.07) is 0. The first kappa shape index (κ1) is 18.8. The van der Waals surface area contributed by atoms with Crippen molar-refractivity contribution in [2.75, 3.05) is 5.33 Å². The Labute approximate surface area is 148 Å². The first-order chi connectivity index (χ1) is 10.8. The van der Waals surface area contributed by atoms with Gasteiger partial charge in [-0.2, -0.15) is 0 Å². The van der Waals surface area contributed by atoms with E-state index in [-0.39, 0.29) is 0 Å². The van der Waals surface area contributed by atoms with Crippen LogP contribution in [0.15, 0.2) is 0 Å². The standard InChI is InChI=1S/C21H39Br/c1-2-5-18-7-11-20(12-8-18)15-16-21-13-9-19(10-14-21)6-3-4-17-22/h18-21H,2-17H2,1H3/t18-,19-,20-,21-. The summed E-state index contributed by atoms with van der Waals surface area (Å²) in [5, 5.41) is 1.20. The van der Waals surface area contributed by atoms with Crippen molar-refractivity contribution in [1.82, 2.24) is 0 Å². The molecule has 0 unspecified atom stereocenters. The summed E-state index contributed by atoms with van der Waals surface area (Å²) in [5.74, 6) is 4.32. The maximum absolute atomic E-state index is 3.55. The third-order valence-electron chi connectivity index (χ3n) is 6.61. The third kappa shape index (κ3) is 6.93. The smallest absolute Gasteiger partial charge is 0.00313 e. The first-order valence-electron chi connectivity index (χ1n) is 10.4. The Morgan fingerprint density at radius 3 is 1.41 bits per heavy atom. The lowest BCUT2D eigenvalue weighted by Crippen LogP contribution is -2.18. The molecular weight excluding hydrogens is 332 g/mol. The van der Waals surface area contributed by atoms with Crippen LogP contribution < -0.4 is 0 Å². The summed E-state index contributed by atoms with van der Waals surface area (Å²) in [4.78, 5) is 0. The molecular formula is C21H39Br. The Morgan fingerprint density at radius 2 is 1.00 bits per heavy atom. The second-order valence-electron chi connectivity index (χ2n) is 8.32. The van der Waals surface area contributed by atoms with Gasteiger partial charge in [0, 0.05) is 5.33 Å². The van der Waals surface area contributed by atoms with Gasteiger partial charge in [-0.15, -0.1) is 0 Å². The zero-order valence-corrected chi connectivity index (χ0v) is 16.6. The summed E-state index contributed by atoms with van der Waals surface area (Å²) in [7, 11) is 0. The predicted molar refractivity (Wildman–Crippen MR) is 103 cm³/mol. The van der Waals surface area contributed by atoms with Crippen molar-refractivity contribution < 1.29 is 0 Å². The summed E-state index contributed by atoms with van der Waals surface area (Å²) in [5.41, 5.74) is 0. The number of hydrogen-bond donors (Lipinski definition) is 0. The van der Waals surface area contributed by atoms with Gasteiger partial charge in [0.25, 0.3) is 0 Å². The highest BCUT2D eigenvalue weighted by Gasteiger charge is 2.24. The van der Waals surface area contributed by atoms with Crippen LogP contribution in [0.5, 0.6) is 0 Å². The molecule has 0 radical (unpaired) electrons. The van der Waals surface area contributed by atoms with Crippen molar-refractivity contribution in [3.05, 3.63) is 0 Å². The predicted octanol–water partition coefficient (Wildman–Crippen LogP) is 7.74. The van der Waals surface area contributed by atoms with E-state index in [1.165, 1.54) is 50.3 Å². The van der Waals surface area contributed by atoms with Crippen molar-refractivity contribution in [2.24, 2.45) is 23.7 Å². The number of rotatable bonds is 9. The highest BCUT2D eigenvalue weighted by atomic mass is 79.9. The van der Waals surface area contributed by atoms with Crippen LogP contribution in [0.25, 0.3) is 0 Å². The number of halogens is 1. The van der Waals surface area contributed by atoms with Gasteiger partial charge < -0.3 is 0 Å². The largest absolute Gasteiger partial charge is 0.0928 e. The molecule has 22 heavy (non-hydrogen) atoms. The molecule has 2 fully saturated rings. The van der Waals surface area contributed by atoms with Crippen molar-refractivity contribution in [3.8, 4) is 0 Å². The van der Waals surface area contributed by atoms with E-state index in [9.17, 15) is 0 Å². The van der Waals surface area contributed by atoms with Gasteiger partial charge in [0.05, 0.1) is 0 Å². The molecule has 0 nitrogen and oxygen atoms in total. The van der Waals surface area contributed by atoms with Gasteiger partial charge >= 0.3 is 0 Å². The van der Waals surface area contributed by atoms with E-state index in [1.807, 2.05) is 0 Å². The van der Waals surface area contributed by atoms with Gasteiger partial charge in [-0.05, 0) is 30.1 Å². The fraction of sp³-hybridized carbons (Fsp3) is 1.00. The second kappa shape index (κ2) is 11.1. The second-order valence-corrected chi connectivity index (χ2v) is 9.12. The molecule has 0 spiro atoms. The van der Waals surface area contributed by atoms with Crippen LogP contribution in [0, 0.1) is 23.7 Å². The maximum atomic E-state index is 3.55. The monoisotopic (exact) mass is 370 g/mol. The average molecular weight is 371 g/mol. The van der Waals surface area contributed by atoms with Crippen LogP contribution >= 0.6 is 15.9 Å². The quantitative estimate of drug-likeness (QED) is 0.287. The van der Waals surface area contributed by atoms with Crippen LogP contribution in [0.3, 0.4) is 0 Å². The van der Waals surface area contributed by atoms with Crippen molar-refractivity contribution in [3.63, 3.8) is 0 Å². The van der Waals surface area contributed by atoms with Crippen molar-refractivity contribution in [2.45, 2.75) is 103 Å². The van der Waals surface area contributed by atoms with Gasteiger partial charge in [-0.1, -0.05) is 113 Å². The molecule has 0 amide bonds. The Balaban J connectivity index is 1.52. The van der Waals surface area contributed by atoms with E-state index < -0.39 is 0 Å². The van der Waals surface area contributed by atoms with Crippen molar-refractivity contribution >= 4 is 15.9 Å². The van der Waals surface area contributed by atoms with E-state index >= 15 is 0 Å². The summed E-state index contributed by atoms with van der Waals surface area (Å²) >= 11 is 3.55. The molecule has 0 aliphatic heterocycles. The molecule has 2 aliphatic carbocycles. The third-order valence-corrected chi connectivity index (χ3v) is 7.17.